The summed E-state index contributed by atoms with van der Waals surface area (Å²) in [6, 6.07) is 13.1. The molecule has 0 radical (unpaired) electrons. The number of amides is 4. The van der Waals surface area contributed by atoms with Crippen LogP contribution in [0.4, 0.5) is 9.59 Å². The van der Waals surface area contributed by atoms with Crippen molar-refractivity contribution in [2.24, 2.45) is 23.7 Å². The van der Waals surface area contributed by atoms with Crippen molar-refractivity contribution in [2.45, 2.75) is 92.7 Å². The Hall–Kier alpha value is -6.12. The van der Waals surface area contributed by atoms with E-state index in [9.17, 15) is 19.2 Å². The van der Waals surface area contributed by atoms with Crippen LogP contribution in [0.25, 0.3) is 44.2 Å². The molecular weight excluding hydrogens is 765 g/mol. The highest BCUT2D eigenvalue weighted by atomic mass is 16.5. The van der Waals surface area contributed by atoms with E-state index in [1.54, 1.807) is 11.1 Å². The molecule has 5 aromatic rings. The number of carbonyl (C=O) groups excluding carboxylic acids is 4. The van der Waals surface area contributed by atoms with Gasteiger partial charge in [-0.1, -0.05) is 66.7 Å². The molecule has 4 N–H and O–H groups in total. The van der Waals surface area contributed by atoms with Crippen LogP contribution in [0.3, 0.4) is 0 Å². The highest BCUT2D eigenvalue weighted by molar-refractivity contribution is 6.07. The first kappa shape index (κ1) is 42.0. The number of aromatic amines is 2. The molecule has 1 saturated carbocycles. The largest absolute Gasteiger partial charge is 0.488 e. The molecule has 318 valence electrons. The zero-order valence-corrected chi connectivity index (χ0v) is 35.8. The standard InChI is InChI=1S/C45H56N8O7/c1-10-15-52(42(54)38(23(2)3)50-44(56)58-8)20-36-46-19-34(48-36)28-11-13-30-29(16-28)22-60-35-18-31-27(17-32(30)35)12-14-33-40(31)49-37(47-33)21-53(41-25(6)26(41)7)43(55)39(24(4)5)51-45(57)59-9/h11-14,16-19,23-26,38-39,41H,10,15,20-22H2,1-9H3,(H,46,48)(H,47,49)(H,50,56)(H,51,57)/t25-,26+,38-,39-,41?/m0/s1. The molecule has 3 aromatic carbocycles. The van der Waals surface area contributed by atoms with Gasteiger partial charge in [-0.05, 0) is 76.4 Å². The summed E-state index contributed by atoms with van der Waals surface area (Å²) in [6.07, 6.45) is 1.24. The molecule has 15 heteroatoms. The van der Waals surface area contributed by atoms with Gasteiger partial charge in [-0.15, -0.1) is 0 Å². The molecule has 2 aromatic heterocycles. The summed E-state index contributed by atoms with van der Waals surface area (Å²) in [5, 5.41) is 7.37. The summed E-state index contributed by atoms with van der Waals surface area (Å²) in [5.74, 6) is 2.09. The molecular formula is C45H56N8O7. The number of H-pyrrole nitrogens is 2. The lowest BCUT2D eigenvalue weighted by atomic mass is 9.92. The number of benzene rings is 3. The molecule has 2 aliphatic rings. The van der Waals surface area contributed by atoms with Crippen molar-refractivity contribution in [3.8, 4) is 28.1 Å². The van der Waals surface area contributed by atoms with Crippen LogP contribution < -0.4 is 15.4 Å². The zero-order valence-electron chi connectivity index (χ0n) is 35.8. The number of carbonyl (C=O) groups is 4. The average Bonchev–Trinajstić information content (AvgIpc) is 3.56. The Morgan fingerprint density at radius 2 is 1.53 bits per heavy atom. The number of nitrogens with zero attached hydrogens (tertiary/aromatic N) is 4. The minimum Gasteiger partial charge on any atom is -0.488 e. The summed E-state index contributed by atoms with van der Waals surface area (Å²) in [6.45, 7) is 15.3. The third-order valence-electron chi connectivity index (χ3n) is 12.0. The lowest BCUT2D eigenvalue weighted by Crippen LogP contribution is -2.52. The van der Waals surface area contributed by atoms with E-state index in [0.717, 1.165) is 61.9 Å². The van der Waals surface area contributed by atoms with Crippen molar-refractivity contribution < 1.29 is 33.4 Å². The second-order valence-corrected chi connectivity index (χ2v) is 16.8. The van der Waals surface area contributed by atoms with Crippen LogP contribution >= 0.6 is 0 Å². The fraction of sp³-hybridized carbons (Fsp3) is 0.467. The smallest absolute Gasteiger partial charge is 0.407 e. The third-order valence-corrected chi connectivity index (χ3v) is 12.0. The fourth-order valence-corrected chi connectivity index (χ4v) is 8.36. The van der Waals surface area contributed by atoms with Crippen LogP contribution in [-0.2, 0) is 38.8 Å². The van der Waals surface area contributed by atoms with Gasteiger partial charge in [0, 0.05) is 23.5 Å². The molecule has 15 nitrogen and oxygen atoms in total. The Kier molecular flexibility index (Phi) is 12.1. The number of rotatable bonds is 14. The van der Waals surface area contributed by atoms with Crippen molar-refractivity contribution in [1.29, 1.82) is 0 Å². The number of hydrogen-bond acceptors (Lipinski definition) is 9. The Morgan fingerprint density at radius 3 is 2.17 bits per heavy atom. The van der Waals surface area contributed by atoms with Gasteiger partial charge >= 0.3 is 12.2 Å². The molecule has 1 aliphatic carbocycles. The fourth-order valence-electron chi connectivity index (χ4n) is 8.36. The van der Waals surface area contributed by atoms with Crippen LogP contribution in [0.5, 0.6) is 5.75 Å². The second kappa shape index (κ2) is 17.2. The Balaban J connectivity index is 1.12. The number of hydrogen-bond donors (Lipinski definition) is 4. The monoisotopic (exact) mass is 820 g/mol. The molecule has 3 heterocycles. The Morgan fingerprint density at radius 1 is 0.850 bits per heavy atom. The van der Waals surface area contributed by atoms with Crippen LogP contribution in [0.2, 0.25) is 0 Å². The van der Waals surface area contributed by atoms with E-state index in [1.165, 1.54) is 14.2 Å². The van der Waals surface area contributed by atoms with Crippen LogP contribution in [-0.4, -0.2) is 92.6 Å². The van der Waals surface area contributed by atoms with E-state index < -0.39 is 24.3 Å². The van der Waals surface area contributed by atoms with Crippen LogP contribution in [0.1, 0.15) is 72.1 Å². The maximum atomic E-state index is 14.0. The normalized spacial score (nSPS) is 17.7. The van der Waals surface area contributed by atoms with Crippen molar-refractivity contribution in [1.82, 2.24) is 40.4 Å². The first-order valence-corrected chi connectivity index (χ1v) is 20.8. The number of ether oxygens (including phenoxy) is 3. The average molecular weight is 821 g/mol. The highest BCUT2D eigenvalue weighted by Crippen LogP contribution is 2.45. The van der Waals surface area contributed by atoms with E-state index in [2.05, 4.69) is 69.8 Å². The predicted octanol–water partition coefficient (Wildman–Crippen LogP) is 7.15. The van der Waals surface area contributed by atoms with Crippen LogP contribution in [0.15, 0.2) is 48.7 Å². The van der Waals surface area contributed by atoms with Gasteiger partial charge in [-0.3, -0.25) is 9.59 Å². The number of nitrogens with one attached hydrogen (secondary N) is 4. The molecule has 0 spiro atoms. The van der Waals surface area contributed by atoms with Crippen molar-refractivity contribution >= 4 is 45.8 Å². The van der Waals surface area contributed by atoms with Gasteiger partial charge in [0.25, 0.3) is 0 Å². The first-order valence-electron chi connectivity index (χ1n) is 20.8. The number of fused-ring (bicyclic) bond motifs is 6. The zero-order chi connectivity index (χ0) is 43.0. The van der Waals surface area contributed by atoms with Gasteiger partial charge in [0.05, 0.1) is 50.2 Å². The molecule has 60 heavy (non-hydrogen) atoms. The quantitative estimate of drug-likeness (QED) is 0.0904. The maximum absolute atomic E-state index is 14.0. The summed E-state index contributed by atoms with van der Waals surface area (Å²) in [7, 11) is 2.57. The van der Waals surface area contributed by atoms with Gasteiger partial charge in [0.1, 0.15) is 36.1 Å². The lowest BCUT2D eigenvalue weighted by molar-refractivity contribution is -0.136. The number of aromatic nitrogens is 4. The maximum Gasteiger partial charge on any atom is 0.407 e. The Labute approximate surface area is 349 Å². The van der Waals surface area contributed by atoms with Crippen molar-refractivity contribution in [2.75, 3.05) is 20.8 Å². The van der Waals surface area contributed by atoms with E-state index in [-0.39, 0.29) is 42.8 Å². The van der Waals surface area contributed by atoms with Crippen molar-refractivity contribution in [3.63, 3.8) is 0 Å². The topological polar surface area (TPSA) is 184 Å². The summed E-state index contributed by atoms with van der Waals surface area (Å²) in [4.78, 5) is 71.8. The lowest BCUT2D eigenvalue weighted by Gasteiger charge is -2.29. The van der Waals surface area contributed by atoms with Crippen LogP contribution in [0, 0.1) is 23.7 Å². The molecule has 4 amide bonds. The predicted molar refractivity (Wildman–Crippen MR) is 228 cm³/mol. The molecule has 0 bridgehead atoms. The van der Waals surface area contributed by atoms with E-state index in [1.807, 2.05) is 51.7 Å². The highest BCUT2D eigenvalue weighted by Gasteiger charge is 2.50. The molecule has 0 saturated heterocycles. The van der Waals surface area contributed by atoms with Gasteiger partial charge in [0.15, 0.2) is 0 Å². The molecule has 1 aliphatic heterocycles. The molecule has 7 rings (SSSR count). The minimum atomic E-state index is -0.733. The van der Waals surface area contributed by atoms with E-state index in [4.69, 9.17) is 19.2 Å². The SMILES string of the molecule is CCCN(Cc1ncc(-c2ccc3c(c2)COc2cc4c(ccc5[nH]c(CN(C(=O)[C@@H](NC(=O)OC)C(C)C)C6[C@@H](C)[C@H]6C)nc54)cc2-3)[nH]1)C(=O)[C@@H](NC(=O)OC)C(C)C. The van der Waals surface area contributed by atoms with E-state index in [0.29, 0.717) is 36.6 Å². The summed E-state index contributed by atoms with van der Waals surface area (Å²) in [5.41, 5.74) is 6.49. The number of imidazole rings is 2. The van der Waals surface area contributed by atoms with Gasteiger partial charge in [0.2, 0.25) is 11.8 Å². The molecule has 1 fully saturated rings. The number of methoxy groups -OCH3 is 2. The van der Waals surface area contributed by atoms with Gasteiger partial charge < -0.3 is 44.6 Å². The minimum absolute atomic E-state index is 0.0344. The second-order valence-electron chi connectivity index (χ2n) is 16.8. The van der Waals surface area contributed by atoms with Gasteiger partial charge in [-0.25, -0.2) is 19.6 Å². The first-order chi connectivity index (χ1) is 28.7. The van der Waals surface area contributed by atoms with Gasteiger partial charge in [-0.2, -0.15) is 0 Å². The summed E-state index contributed by atoms with van der Waals surface area (Å²) >= 11 is 0. The summed E-state index contributed by atoms with van der Waals surface area (Å²) < 4.78 is 16.0. The Bertz CT molecular complexity index is 2410. The third kappa shape index (κ3) is 8.34. The van der Waals surface area contributed by atoms with E-state index >= 15 is 0 Å². The number of alkyl carbamates (subject to hydrolysis) is 2. The molecule has 1 unspecified atom stereocenters. The molecule has 5 atom stereocenters. The van der Waals surface area contributed by atoms with Crippen molar-refractivity contribution in [3.05, 3.63) is 65.9 Å².